The Balaban J connectivity index is 1.72. The molecule has 1 saturated heterocycles. The Labute approximate surface area is 168 Å². The maximum absolute atomic E-state index is 12.8. The minimum Gasteiger partial charge on any atom is -0.494 e. The summed E-state index contributed by atoms with van der Waals surface area (Å²) in [6, 6.07) is 9.06. The zero-order valence-electron chi connectivity index (χ0n) is 14.6. The van der Waals surface area contributed by atoms with Gasteiger partial charge in [0.1, 0.15) is 0 Å². The first-order valence-corrected chi connectivity index (χ1v) is 9.37. The van der Waals surface area contributed by atoms with Crippen molar-refractivity contribution in [3.8, 4) is 5.75 Å². The number of hydrogen-bond acceptors (Lipinski definition) is 3. The Hall–Kier alpha value is -1.62. The third-order valence-electron chi connectivity index (χ3n) is 4.53. The molecule has 0 aromatic heterocycles. The van der Waals surface area contributed by atoms with Gasteiger partial charge in [0.25, 0.3) is 5.91 Å². The van der Waals surface area contributed by atoms with Crippen molar-refractivity contribution in [2.45, 2.75) is 6.92 Å². The lowest BCUT2D eigenvalue weighted by molar-refractivity contribution is 0.0746. The van der Waals surface area contributed by atoms with Crippen LogP contribution in [0.15, 0.2) is 30.3 Å². The molecule has 1 fully saturated rings. The van der Waals surface area contributed by atoms with Gasteiger partial charge in [0, 0.05) is 42.5 Å². The minimum atomic E-state index is -0.0843. The Morgan fingerprint density at radius 3 is 2.19 bits per heavy atom. The fourth-order valence-corrected chi connectivity index (χ4v) is 3.94. The summed E-state index contributed by atoms with van der Waals surface area (Å²) in [4.78, 5) is 16.9. The predicted molar refractivity (Wildman–Crippen MR) is 107 cm³/mol. The molecule has 1 amide bonds. The average molecular weight is 414 g/mol. The van der Waals surface area contributed by atoms with Crippen molar-refractivity contribution in [3.05, 3.63) is 56.5 Å². The summed E-state index contributed by atoms with van der Waals surface area (Å²) >= 11 is 18.4. The lowest BCUT2D eigenvalue weighted by Gasteiger charge is -2.37. The highest BCUT2D eigenvalue weighted by molar-refractivity contribution is 6.37. The van der Waals surface area contributed by atoms with Crippen LogP contribution in [0.25, 0.3) is 0 Å². The van der Waals surface area contributed by atoms with E-state index in [-0.39, 0.29) is 5.91 Å². The summed E-state index contributed by atoms with van der Waals surface area (Å²) in [6.07, 6.45) is 0. The minimum absolute atomic E-state index is 0.0843. The SMILES string of the molecule is COc1c(Cl)cc(C(=O)N2CCN(c3cc(Cl)ccc3C)CC2)cc1Cl. The van der Waals surface area contributed by atoms with Crippen LogP contribution in [0.1, 0.15) is 15.9 Å². The number of ether oxygens (including phenoxy) is 1. The van der Waals surface area contributed by atoms with Crippen LogP contribution >= 0.6 is 34.8 Å². The van der Waals surface area contributed by atoms with E-state index in [0.29, 0.717) is 39.5 Å². The quantitative estimate of drug-likeness (QED) is 0.715. The largest absolute Gasteiger partial charge is 0.494 e. The molecule has 1 aliphatic rings. The highest BCUT2D eigenvalue weighted by atomic mass is 35.5. The lowest BCUT2D eigenvalue weighted by Crippen LogP contribution is -2.49. The lowest BCUT2D eigenvalue weighted by atomic mass is 10.1. The van der Waals surface area contributed by atoms with Crippen LogP contribution in [-0.2, 0) is 0 Å². The maximum Gasteiger partial charge on any atom is 0.254 e. The number of carbonyl (C=O) groups excluding carboxylic acids is 1. The highest BCUT2D eigenvalue weighted by Crippen LogP contribution is 2.34. The summed E-state index contributed by atoms with van der Waals surface area (Å²) in [7, 11) is 1.49. The van der Waals surface area contributed by atoms with Crippen molar-refractivity contribution in [1.29, 1.82) is 0 Å². The summed E-state index contributed by atoms with van der Waals surface area (Å²) in [6.45, 7) is 4.78. The van der Waals surface area contributed by atoms with Gasteiger partial charge in [-0.3, -0.25) is 4.79 Å². The van der Waals surface area contributed by atoms with E-state index in [1.165, 1.54) is 12.7 Å². The van der Waals surface area contributed by atoms with Gasteiger partial charge in [-0.2, -0.15) is 0 Å². The van der Waals surface area contributed by atoms with E-state index in [1.807, 2.05) is 23.1 Å². The van der Waals surface area contributed by atoms with Gasteiger partial charge in [0.2, 0.25) is 0 Å². The molecule has 0 bridgehead atoms. The fourth-order valence-electron chi connectivity index (χ4n) is 3.13. The zero-order valence-corrected chi connectivity index (χ0v) is 16.8. The third kappa shape index (κ3) is 3.88. The molecule has 1 heterocycles. The van der Waals surface area contributed by atoms with E-state index in [1.54, 1.807) is 12.1 Å². The molecule has 0 atom stereocenters. The van der Waals surface area contributed by atoms with Gasteiger partial charge in [0.15, 0.2) is 5.75 Å². The Kier molecular flexibility index (Phi) is 5.86. The van der Waals surface area contributed by atoms with Crippen molar-refractivity contribution < 1.29 is 9.53 Å². The number of carbonyl (C=O) groups is 1. The van der Waals surface area contributed by atoms with Gasteiger partial charge in [-0.1, -0.05) is 40.9 Å². The number of nitrogens with zero attached hydrogens (tertiary/aromatic N) is 2. The second-order valence-corrected chi connectivity index (χ2v) is 7.43. The molecule has 1 aliphatic heterocycles. The molecule has 0 aliphatic carbocycles. The molecule has 0 unspecified atom stereocenters. The molecular formula is C19H19Cl3N2O2. The Morgan fingerprint density at radius 2 is 1.62 bits per heavy atom. The Bertz CT molecular complexity index is 811. The molecule has 2 aromatic rings. The van der Waals surface area contributed by atoms with Crippen LogP contribution in [0.5, 0.6) is 5.75 Å². The third-order valence-corrected chi connectivity index (χ3v) is 5.32. The topological polar surface area (TPSA) is 32.8 Å². The monoisotopic (exact) mass is 412 g/mol. The van der Waals surface area contributed by atoms with E-state index < -0.39 is 0 Å². The summed E-state index contributed by atoms with van der Waals surface area (Å²) in [5, 5.41) is 1.37. The summed E-state index contributed by atoms with van der Waals surface area (Å²) in [5.41, 5.74) is 2.75. The van der Waals surface area contributed by atoms with E-state index in [9.17, 15) is 4.79 Å². The number of benzene rings is 2. The smallest absolute Gasteiger partial charge is 0.254 e. The van der Waals surface area contributed by atoms with Crippen LogP contribution in [-0.4, -0.2) is 44.1 Å². The number of rotatable bonds is 3. The molecule has 4 nitrogen and oxygen atoms in total. The number of aryl methyl sites for hydroxylation is 1. The van der Waals surface area contributed by atoms with Crippen molar-refractivity contribution >= 4 is 46.4 Å². The van der Waals surface area contributed by atoms with Gasteiger partial charge in [-0.05, 0) is 36.8 Å². The molecule has 26 heavy (non-hydrogen) atoms. The fraction of sp³-hybridized carbons (Fsp3) is 0.316. The van der Waals surface area contributed by atoms with Gasteiger partial charge in [-0.25, -0.2) is 0 Å². The van der Waals surface area contributed by atoms with Crippen LogP contribution < -0.4 is 9.64 Å². The summed E-state index contributed by atoms with van der Waals surface area (Å²) in [5.74, 6) is 0.296. The van der Waals surface area contributed by atoms with Gasteiger partial charge < -0.3 is 14.5 Å². The molecule has 2 aromatic carbocycles. The van der Waals surface area contributed by atoms with Crippen LogP contribution in [0.3, 0.4) is 0 Å². The number of amides is 1. The standard InChI is InChI=1S/C19H19Cl3N2O2/c1-12-3-4-14(20)11-17(12)23-5-7-24(8-6-23)19(25)13-9-15(21)18(26-2)16(22)10-13/h3-4,9-11H,5-8H2,1-2H3. The molecule has 0 radical (unpaired) electrons. The van der Waals surface area contributed by atoms with Crippen molar-refractivity contribution in [3.63, 3.8) is 0 Å². The Morgan fingerprint density at radius 1 is 1.00 bits per heavy atom. The first-order chi connectivity index (χ1) is 12.4. The first kappa shape index (κ1) is 19.2. The molecule has 3 rings (SSSR count). The van der Waals surface area contributed by atoms with E-state index in [0.717, 1.165) is 18.8 Å². The number of hydrogen-bond donors (Lipinski definition) is 0. The first-order valence-electron chi connectivity index (χ1n) is 8.24. The van der Waals surface area contributed by atoms with Crippen LogP contribution in [0.4, 0.5) is 5.69 Å². The predicted octanol–water partition coefficient (Wildman–Crippen LogP) is 4.93. The van der Waals surface area contributed by atoms with E-state index >= 15 is 0 Å². The van der Waals surface area contributed by atoms with Gasteiger partial charge >= 0.3 is 0 Å². The van der Waals surface area contributed by atoms with Crippen molar-refractivity contribution in [1.82, 2.24) is 4.90 Å². The van der Waals surface area contributed by atoms with Crippen LogP contribution in [0, 0.1) is 6.92 Å². The second kappa shape index (κ2) is 7.95. The average Bonchev–Trinajstić information content (AvgIpc) is 2.63. The van der Waals surface area contributed by atoms with E-state index in [2.05, 4.69) is 11.8 Å². The number of piperazine rings is 1. The van der Waals surface area contributed by atoms with Crippen LogP contribution in [0.2, 0.25) is 15.1 Å². The van der Waals surface area contributed by atoms with Gasteiger partial charge in [0.05, 0.1) is 17.2 Å². The zero-order chi connectivity index (χ0) is 18.8. The molecule has 0 spiro atoms. The van der Waals surface area contributed by atoms with Crippen molar-refractivity contribution in [2.24, 2.45) is 0 Å². The second-order valence-electron chi connectivity index (χ2n) is 6.18. The number of halogens is 3. The molecule has 138 valence electrons. The molecular weight excluding hydrogens is 395 g/mol. The molecule has 0 saturated carbocycles. The maximum atomic E-state index is 12.8. The number of anilines is 1. The molecule has 0 N–H and O–H groups in total. The summed E-state index contributed by atoms with van der Waals surface area (Å²) < 4.78 is 5.13. The van der Waals surface area contributed by atoms with Crippen molar-refractivity contribution in [2.75, 3.05) is 38.2 Å². The normalized spacial score (nSPS) is 14.5. The van der Waals surface area contributed by atoms with E-state index in [4.69, 9.17) is 39.5 Å². The number of methoxy groups -OCH3 is 1. The van der Waals surface area contributed by atoms with Gasteiger partial charge in [-0.15, -0.1) is 0 Å². The molecule has 7 heteroatoms. The highest BCUT2D eigenvalue weighted by Gasteiger charge is 2.24.